The number of hydrogen-bond acceptors (Lipinski definition) is 2. The average Bonchev–Trinajstić information content (AvgIpc) is 2.57. The second-order valence-corrected chi connectivity index (χ2v) is 4.86. The van der Waals surface area contributed by atoms with Crippen LogP contribution in [0.2, 0.25) is 5.02 Å². The van der Waals surface area contributed by atoms with Crippen LogP contribution in [-0.4, -0.2) is 10.8 Å². The van der Waals surface area contributed by atoms with Crippen molar-refractivity contribution in [3.63, 3.8) is 0 Å². The van der Waals surface area contributed by atoms with Gasteiger partial charge in [0.2, 0.25) is 0 Å². The molecule has 3 nitrogen and oxygen atoms in total. The van der Waals surface area contributed by atoms with Crippen LogP contribution in [0.4, 0.5) is 5.69 Å². The molecule has 1 heterocycles. The van der Waals surface area contributed by atoms with Gasteiger partial charge in [-0.05, 0) is 49.8 Å². The van der Waals surface area contributed by atoms with Crippen molar-refractivity contribution in [2.75, 3.05) is 5.01 Å². The lowest BCUT2D eigenvalue weighted by atomic mass is 10.2. The monoisotopic (exact) mass is 255 g/mol. The van der Waals surface area contributed by atoms with Crippen LogP contribution in [0.1, 0.15) is 20.3 Å². The standard InChI is InChI=1S/C11H14ClN3S/c1-3-11(2)13-10(16)15(14-11)9-6-4-8(12)5-7-9/h4-7,14H,3H2,1-2H3,(H,13,16). The van der Waals surface area contributed by atoms with E-state index in [4.69, 9.17) is 23.8 Å². The van der Waals surface area contributed by atoms with Gasteiger partial charge in [-0.2, -0.15) is 0 Å². The molecule has 0 amide bonds. The Morgan fingerprint density at radius 2 is 2.00 bits per heavy atom. The third-order valence-corrected chi connectivity index (χ3v) is 3.27. The average molecular weight is 256 g/mol. The molecule has 1 aliphatic heterocycles. The number of anilines is 1. The Kier molecular flexibility index (Phi) is 3.06. The van der Waals surface area contributed by atoms with Gasteiger partial charge >= 0.3 is 0 Å². The van der Waals surface area contributed by atoms with Crippen LogP contribution in [0, 0.1) is 0 Å². The SMILES string of the molecule is CCC1(C)NC(=S)N(c2ccc(Cl)cc2)N1. The van der Waals surface area contributed by atoms with Gasteiger partial charge in [-0.3, -0.25) is 5.01 Å². The molecule has 1 aromatic carbocycles. The Labute approximate surface area is 106 Å². The predicted octanol–water partition coefficient (Wildman–Crippen LogP) is 2.67. The largest absolute Gasteiger partial charge is 0.342 e. The topological polar surface area (TPSA) is 27.3 Å². The van der Waals surface area contributed by atoms with Gasteiger partial charge in [0.15, 0.2) is 5.11 Å². The molecule has 1 aromatic rings. The highest BCUT2D eigenvalue weighted by atomic mass is 35.5. The van der Waals surface area contributed by atoms with E-state index in [1.54, 1.807) is 0 Å². The van der Waals surface area contributed by atoms with E-state index >= 15 is 0 Å². The fraction of sp³-hybridized carbons (Fsp3) is 0.364. The van der Waals surface area contributed by atoms with Gasteiger partial charge in [-0.15, -0.1) is 0 Å². The number of halogens is 1. The minimum Gasteiger partial charge on any atom is -0.342 e. The highest BCUT2D eigenvalue weighted by molar-refractivity contribution is 7.80. The van der Waals surface area contributed by atoms with Crippen LogP contribution in [0.25, 0.3) is 0 Å². The first kappa shape index (κ1) is 11.6. The maximum atomic E-state index is 5.85. The van der Waals surface area contributed by atoms with Crippen LogP contribution in [0.15, 0.2) is 24.3 Å². The number of nitrogens with one attached hydrogen (secondary N) is 2. The summed E-state index contributed by atoms with van der Waals surface area (Å²) in [6, 6.07) is 7.57. The maximum absolute atomic E-state index is 5.85. The third kappa shape index (κ3) is 2.14. The number of hydrazine groups is 1. The molecule has 16 heavy (non-hydrogen) atoms. The van der Waals surface area contributed by atoms with Crippen molar-refractivity contribution in [3.8, 4) is 0 Å². The molecular formula is C11H14ClN3S. The Morgan fingerprint density at radius 1 is 1.38 bits per heavy atom. The molecule has 0 aliphatic carbocycles. The predicted molar refractivity (Wildman–Crippen MR) is 71.5 cm³/mol. The molecule has 1 saturated heterocycles. The number of thiocarbonyl (C=S) groups is 1. The smallest absolute Gasteiger partial charge is 0.189 e. The molecule has 0 radical (unpaired) electrons. The molecule has 86 valence electrons. The summed E-state index contributed by atoms with van der Waals surface area (Å²) in [6.45, 7) is 4.18. The number of nitrogens with zero attached hydrogens (tertiary/aromatic N) is 1. The molecule has 0 aromatic heterocycles. The third-order valence-electron chi connectivity index (χ3n) is 2.74. The summed E-state index contributed by atoms with van der Waals surface area (Å²) in [5, 5.41) is 6.54. The summed E-state index contributed by atoms with van der Waals surface area (Å²) < 4.78 is 0. The Hall–Kier alpha value is -0.840. The molecule has 1 unspecified atom stereocenters. The molecule has 2 N–H and O–H groups in total. The van der Waals surface area contributed by atoms with Crippen LogP contribution >= 0.6 is 23.8 Å². The van der Waals surface area contributed by atoms with E-state index in [0.717, 1.165) is 17.1 Å². The lowest BCUT2D eigenvalue weighted by Crippen LogP contribution is -2.47. The zero-order chi connectivity index (χ0) is 11.8. The molecule has 5 heteroatoms. The lowest BCUT2D eigenvalue weighted by Gasteiger charge is -2.23. The van der Waals surface area contributed by atoms with Crippen molar-refractivity contribution in [2.24, 2.45) is 0 Å². The first-order chi connectivity index (χ1) is 7.54. The van der Waals surface area contributed by atoms with Gasteiger partial charge in [0.25, 0.3) is 0 Å². The molecular weight excluding hydrogens is 242 g/mol. The quantitative estimate of drug-likeness (QED) is 0.795. The molecule has 0 saturated carbocycles. The Morgan fingerprint density at radius 3 is 2.50 bits per heavy atom. The summed E-state index contributed by atoms with van der Waals surface area (Å²) >= 11 is 11.1. The summed E-state index contributed by atoms with van der Waals surface area (Å²) in [4.78, 5) is 0. The van der Waals surface area contributed by atoms with Gasteiger partial charge in [-0.25, -0.2) is 5.43 Å². The molecule has 1 atom stereocenters. The first-order valence-electron chi connectivity index (χ1n) is 5.20. The minimum atomic E-state index is -0.170. The van der Waals surface area contributed by atoms with Gasteiger partial charge in [0.05, 0.1) is 5.69 Å². The fourth-order valence-electron chi connectivity index (χ4n) is 1.56. The van der Waals surface area contributed by atoms with Gasteiger partial charge < -0.3 is 5.32 Å². The van der Waals surface area contributed by atoms with E-state index in [-0.39, 0.29) is 5.66 Å². The van der Waals surface area contributed by atoms with Gasteiger partial charge in [0, 0.05) is 5.02 Å². The van der Waals surface area contributed by atoms with Crippen LogP contribution in [-0.2, 0) is 0 Å². The Bertz CT molecular complexity index is 406. The van der Waals surface area contributed by atoms with Crippen molar-refractivity contribution >= 4 is 34.6 Å². The Balaban J connectivity index is 2.23. The second kappa shape index (κ2) is 4.20. The van der Waals surface area contributed by atoms with E-state index in [0.29, 0.717) is 5.11 Å². The van der Waals surface area contributed by atoms with Gasteiger partial charge in [-0.1, -0.05) is 18.5 Å². The van der Waals surface area contributed by atoms with Gasteiger partial charge in [0.1, 0.15) is 5.66 Å². The molecule has 0 spiro atoms. The number of benzene rings is 1. The highest BCUT2D eigenvalue weighted by Gasteiger charge is 2.34. The normalized spacial score (nSPS) is 24.7. The van der Waals surface area contributed by atoms with Crippen LogP contribution < -0.4 is 15.8 Å². The minimum absolute atomic E-state index is 0.170. The summed E-state index contributed by atoms with van der Waals surface area (Å²) in [5.41, 5.74) is 4.16. The van der Waals surface area contributed by atoms with E-state index in [2.05, 4.69) is 24.6 Å². The van der Waals surface area contributed by atoms with Crippen molar-refractivity contribution in [1.82, 2.24) is 10.7 Å². The number of rotatable bonds is 2. The lowest BCUT2D eigenvalue weighted by molar-refractivity contribution is 0.362. The summed E-state index contributed by atoms with van der Waals surface area (Å²) in [5.74, 6) is 0. The van der Waals surface area contributed by atoms with Crippen molar-refractivity contribution < 1.29 is 0 Å². The van der Waals surface area contributed by atoms with Crippen LogP contribution in [0.5, 0.6) is 0 Å². The fourth-order valence-corrected chi connectivity index (χ4v) is 2.06. The zero-order valence-electron chi connectivity index (χ0n) is 9.25. The van der Waals surface area contributed by atoms with E-state index < -0.39 is 0 Å². The van der Waals surface area contributed by atoms with Crippen LogP contribution in [0.3, 0.4) is 0 Å². The van der Waals surface area contributed by atoms with Crippen molar-refractivity contribution in [1.29, 1.82) is 0 Å². The number of hydrogen-bond donors (Lipinski definition) is 2. The van der Waals surface area contributed by atoms with Crippen molar-refractivity contribution in [3.05, 3.63) is 29.3 Å². The molecule has 1 fully saturated rings. The second-order valence-electron chi connectivity index (χ2n) is 4.04. The van der Waals surface area contributed by atoms with E-state index in [1.807, 2.05) is 29.3 Å². The molecule has 2 rings (SSSR count). The van der Waals surface area contributed by atoms with E-state index in [9.17, 15) is 0 Å². The van der Waals surface area contributed by atoms with Crippen molar-refractivity contribution in [2.45, 2.75) is 25.9 Å². The highest BCUT2D eigenvalue weighted by Crippen LogP contribution is 2.22. The maximum Gasteiger partial charge on any atom is 0.189 e. The first-order valence-corrected chi connectivity index (χ1v) is 5.98. The summed E-state index contributed by atoms with van der Waals surface area (Å²) in [7, 11) is 0. The molecule has 0 bridgehead atoms. The van der Waals surface area contributed by atoms with E-state index in [1.165, 1.54) is 0 Å². The zero-order valence-corrected chi connectivity index (χ0v) is 10.8. The summed E-state index contributed by atoms with van der Waals surface area (Å²) in [6.07, 6.45) is 0.942. The molecule has 1 aliphatic rings.